The van der Waals surface area contributed by atoms with Gasteiger partial charge < -0.3 is 15.5 Å². The highest BCUT2D eigenvalue weighted by molar-refractivity contribution is 5.84. The van der Waals surface area contributed by atoms with E-state index in [1.165, 1.54) is 0 Å². The molecule has 1 saturated heterocycles. The van der Waals surface area contributed by atoms with Crippen molar-refractivity contribution in [2.75, 3.05) is 32.1 Å². The molecule has 1 amide bonds. The first kappa shape index (κ1) is 16.5. The van der Waals surface area contributed by atoms with Gasteiger partial charge in [-0.05, 0) is 43.6 Å². The Morgan fingerprint density at radius 3 is 2.71 bits per heavy atom. The van der Waals surface area contributed by atoms with Gasteiger partial charge in [-0.25, -0.2) is 0 Å². The van der Waals surface area contributed by atoms with E-state index >= 15 is 0 Å². The Kier molecular flexibility index (Phi) is 4.85. The molecule has 2 aromatic rings. The van der Waals surface area contributed by atoms with Crippen LogP contribution in [0.4, 0.5) is 5.69 Å². The molecular weight excluding hydrogens is 302 g/mol. The SMILES string of the molecule is CN(C)c1ccccc1CNC(=O)C1(n2cccn2)CCNCC1. The molecule has 2 heterocycles. The van der Waals surface area contributed by atoms with E-state index in [2.05, 4.69) is 32.8 Å². The van der Waals surface area contributed by atoms with Crippen molar-refractivity contribution in [2.45, 2.75) is 24.9 Å². The zero-order valence-electron chi connectivity index (χ0n) is 14.3. The Bertz CT molecular complexity index is 674. The molecular formula is C18H25N5O. The van der Waals surface area contributed by atoms with E-state index in [9.17, 15) is 4.79 Å². The molecule has 6 nitrogen and oxygen atoms in total. The lowest BCUT2D eigenvalue weighted by Gasteiger charge is -2.36. The summed E-state index contributed by atoms with van der Waals surface area (Å²) in [6, 6.07) is 10.0. The predicted octanol–water partition coefficient (Wildman–Crippen LogP) is 1.34. The average Bonchev–Trinajstić information content (AvgIpc) is 3.15. The lowest BCUT2D eigenvalue weighted by Crippen LogP contribution is -2.54. The number of benzene rings is 1. The molecule has 0 radical (unpaired) electrons. The maximum Gasteiger partial charge on any atom is 0.248 e. The van der Waals surface area contributed by atoms with Crippen LogP contribution in [0.25, 0.3) is 0 Å². The highest BCUT2D eigenvalue weighted by Crippen LogP contribution is 2.27. The van der Waals surface area contributed by atoms with Crippen molar-refractivity contribution in [3.8, 4) is 0 Å². The fourth-order valence-electron chi connectivity index (χ4n) is 3.36. The number of aromatic nitrogens is 2. The average molecular weight is 327 g/mol. The second-order valence-electron chi connectivity index (χ2n) is 6.44. The molecule has 0 aliphatic carbocycles. The molecule has 1 fully saturated rings. The Balaban J connectivity index is 1.78. The molecule has 1 aliphatic heterocycles. The van der Waals surface area contributed by atoms with Gasteiger partial charge in [-0.3, -0.25) is 9.48 Å². The first-order chi connectivity index (χ1) is 11.6. The van der Waals surface area contributed by atoms with Crippen molar-refractivity contribution in [1.82, 2.24) is 20.4 Å². The number of hydrogen-bond donors (Lipinski definition) is 2. The first-order valence-corrected chi connectivity index (χ1v) is 8.38. The quantitative estimate of drug-likeness (QED) is 0.870. The Morgan fingerprint density at radius 2 is 2.04 bits per heavy atom. The van der Waals surface area contributed by atoms with Crippen LogP contribution in [0.5, 0.6) is 0 Å². The van der Waals surface area contributed by atoms with Crippen LogP contribution in [-0.4, -0.2) is 42.9 Å². The molecule has 0 spiro atoms. The smallest absolute Gasteiger partial charge is 0.248 e. The summed E-state index contributed by atoms with van der Waals surface area (Å²) in [6.45, 7) is 2.16. The van der Waals surface area contributed by atoms with E-state index in [-0.39, 0.29) is 5.91 Å². The maximum absolute atomic E-state index is 13.1. The van der Waals surface area contributed by atoms with Gasteiger partial charge in [0.1, 0.15) is 5.54 Å². The molecule has 0 saturated carbocycles. The number of para-hydroxylation sites is 1. The van der Waals surface area contributed by atoms with E-state index in [0.29, 0.717) is 6.54 Å². The second-order valence-corrected chi connectivity index (χ2v) is 6.44. The Hall–Kier alpha value is -2.34. The zero-order chi connectivity index (χ0) is 17.0. The number of carbonyl (C=O) groups is 1. The van der Waals surface area contributed by atoms with Crippen LogP contribution in [0, 0.1) is 0 Å². The lowest BCUT2D eigenvalue weighted by atomic mass is 9.87. The third kappa shape index (κ3) is 3.14. The number of hydrogen-bond acceptors (Lipinski definition) is 4. The van der Waals surface area contributed by atoms with Gasteiger partial charge in [-0.2, -0.15) is 5.10 Å². The van der Waals surface area contributed by atoms with Crippen LogP contribution < -0.4 is 15.5 Å². The molecule has 3 rings (SSSR count). The second kappa shape index (κ2) is 7.05. The molecule has 128 valence electrons. The third-order valence-corrected chi connectivity index (χ3v) is 4.71. The lowest BCUT2D eigenvalue weighted by molar-refractivity contribution is -0.132. The van der Waals surface area contributed by atoms with Crippen LogP contribution in [-0.2, 0) is 16.9 Å². The predicted molar refractivity (Wildman–Crippen MR) is 94.9 cm³/mol. The fraction of sp³-hybridized carbons (Fsp3) is 0.444. The minimum absolute atomic E-state index is 0.0428. The molecule has 1 aliphatic rings. The molecule has 0 bridgehead atoms. The number of carbonyl (C=O) groups excluding carboxylic acids is 1. The summed E-state index contributed by atoms with van der Waals surface area (Å²) in [5.41, 5.74) is 1.64. The van der Waals surface area contributed by atoms with Gasteiger partial charge in [0.15, 0.2) is 0 Å². The Labute approximate surface area is 142 Å². The van der Waals surface area contributed by atoms with Crippen molar-refractivity contribution in [3.05, 3.63) is 48.3 Å². The van der Waals surface area contributed by atoms with E-state index in [4.69, 9.17) is 0 Å². The van der Waals surface area contributed by atoms with E-state index in [1.54, 1.807) is 6.20 Å². The van der Waals surface area contributed by atoms with Crippen LogP contribution in [0.15, 0.2) is 42.7 Å². The van der Waals surface area contributed by atoms with Crippen LogP contribution in [0.2, 0.25) is 0 Å². The summed E-state index contributed by atoms with van der Waals surface area (Å²) in [5.74, 6) is 0.0428. The molecule has 1 aromatic heterocycles. The van der Waals surface area contributed by atoms with E-state index in [0.717, 1.165) is 37.2 Å². The van der Waals surface area contributed by atoms with Crippen molar-refractivity contribution in [2.24, 2.45) is 0 Å². The molecule has 0 atom stereocenters. The van der Waals surface area contributed by atoms with E-state index in [1.807, 2.05) is 43.2 Å². The van der Waals surface area contributed by atoms with Crippen LogP contribution in [0.3, 0.4) is 0 Å². The first-order valence-electron chi connectivity index (χ1n) is 8.38. The maximum atomic E-state index is 13.1. The number of piperidine rings is 1. The summed E-state index contributed by atoms with van der Waals surface area (Å²) in [7, 11) is 4.03. The van der Waals surface area contributed by atoms with E-state index < -0.39 is 5.54 Å². The number of rotatable bonds is 5. The number of nitrogens with zero attached hydrogens (tertiary/aromatic N) is 3. The molecule has 6 heteroatoms. The van der Waals surface area contributed by atoms with Crippen molar-refractivity contribution >= 4 is 11.6 Å². The van der Waals surface area contributed by atoms with Gasteiger partial charge in [0.2, 0.25) is 5.91 Å². The van der Waals surface area contributed by atoms with Crippen molar-refractivity contribution in [3.63, 3.8) is 0 Å². The summed E-state index contributed by atoms with van der Waals surface area (Å²) in [4.78, 5) is 15.1. The normalized spacial score (nSPS) is 16.6. The third-order valence-electron chi connectivity index (χ3n) is 4.71. The minimum atomic E-state index is -0.595. The molecule has 2 N–H and O–H groups in total. The van der Waals surface area contributed by atoms with Crippen molar-refractivity contribution in [1.29, 1.82) is 0 Å². The summed E-state index contributed by atoms with van der Waals surface area (Å²) >= 11 is 0. The van der Waals surface area contributed by atoms with Crippen molar-refractivity contribution < 1.29 is 4.79 Å². The largest absolute Gasteiger partial charge is 0.377 e. The topological polar surface area (TPSA) is 62.2 Å². The van der Waals surface area contributed by atoms with Gasteiger partial charge in [0, 0.05) is 38.7 Å². The zero-order valence-corrected chi connectivity index (χ0v) is 14.3. The summed E-state index contributed by atoms with van der Waals surface area (Å²) < 4.78 is 1.82. The highest BCUT2D eigenvalue weighted by Gasteiger charge is 2.41. The van der Waals surface area contributed by atoms with Gasteiger partial charge >= 0.3 is 0 Å². The Morgan fingerprint density at radius 1 is 1.29 bits per heavy atom. The summed E-state index contributed by atoms with van der Waals surface area (Å²) in [6.07, 6.45) is 5.11. The molecule has 24 heavy (non-hydrogen) atoms. The number of amides is 1. The molecule has 1 aromatic carbocycles. The monoisotopic (exact) mass is 327 g/mol. The van der Waals surface area contributed by atoms with Gasteiger partial charge in [0.05, 0.1) is 0 Å². The highest BCUT2D eigenvalue weighted by atomic mass is 16.2. The standard InChI is InChI=1S/C18H25N5O/c1-22(2)16-7-4-3-6-15(16)14-20-17(24)18(8-11-19-12-9-18)23-13-5-10-21-23/h3-7,10,13,19H,8-9,11-12,14H2,1-2H3,(H,20,24). The van der Waals surface area contributed by atoms with Crippen LogP contribution in [0.1, 0.15) is 18.4 Å². The molecule has 0 unspecified atom stereocenters. The number of nitrogens with one attached hydrogen (secondary N) is 2. The summed E-state index contributed by atoms with van der Waals surface area (Å²) in [5, 5.41) is 10.8. The fourth-order valence-corrected chi connectivity index (χ4v) is 3.36. The van der Waals surface area contributed by atoms with Gasteiger partial charge in [0.25, 0.3) is 0 Å². The van der Waals surface area contributed by atoms with Gasteiger partial charge in [-0.15, -0.1) is 0 Å². The number of anilines is 1. The van der Waals surface area contributed by atoms with Crippen LogP contribution >= 0.6 is 0 Å². The van der Waals surface area contributed by atoms with Gasteiger partial charge in [-0.1, -0.05) is 18.2 Å². The minimum Gasteiger partial charge on any atom is -0.377 e.